The van der Waals surface area contributed by atoms with E-state index in [1.54, 1.807) is 0 Å². The van der Waals surface area contributed by atoms with E-state index >= 15 is 0 Å². The van der Waals surface area contributed by atoms with E-state index in [9.17, 15) is 30.7 Å². The van der Waals surface area contributed by atoms with Gasteiger partial charge in [0.15, 0.2) is 6.04 Å². The number of benzene rings is 2. The summed E-state index contributed by atoms with van der Waals surface area (Å²) >= 11 is 6.02. The molecule has 0 fully saturated rings. The van der Waals surface area contributed by atoms with Crippen LogP contribution in [0.25, 0.3) is 0 Å². The number of hydrazone groups is 1. The van der Waals surface area contributed by atoms with Crippen molar-refractivity contribution in [2.45, 2.75) is 22.8 Å². The molecule has 158 valence electrons. The molecule has 1 aliphatic rings. The Morgan fingerprint density at radius 1 is 0.969 bits per heavy atom. The molecular weight excluding hydrogens is 506 g/mol. The van der Waals surface area contributed by atoms with Gasteiger partial charge < -0.3 is 9.11 Å². The number of nitrogens with zero attached hydrogens (tertiary/aromatic N) is 4. The molecule has 1 heterocycles. The van der Waals surface area contributed by atoms with Crippen LogP contribution in [0.3, 0.4) is 0 Å². The first kappa shape index (κ1) is 29.3. The zero-order valence-corrected chi connectivity index (χ0v) is 23.3. The standard InChI is InChI=1S/C16H13ClN4O7S2.2Na/c1-9-15(19-18-10-2-4-11(5-3-10)29(23,24)25)16(22)21(20-9)14-8-12(30(26,27)28)6-7-13(14)17;;/h2-8,15H,1H3,(H,23,24,25)(H,26,27,28);;/q;2*+1/p-2. The summed E-state index contributed by atoms with van der Waals surface area (Å²) in [6, 6.07) is 6.51. The topological polar surface area (TPSA) is 172 Å². The third kappa shape index (κ3) is 6.67. The van der Waals surface area contributed by atoms with E-state index in [0.29, 0.717) is 0 Å². The van der Waals surface area contributed by atoms with Crippen molar-refractivity contribution >= 4 is 54.8 Å². The monoisotopic (exact) mass is 516 g/mol. The van der Waals surface area contributed by atoms with Gasteiger partial charge in [-0.1, -0.05) is 11.6 Å². The summed E-state index contributed by atoms with van der Waals surface area (Å²) in [5.74, 6) is -0.697. The molecule has 0 N–H and O–H groups in total. The molecule has 2 aromatic carbocycles. The Bertz CT molecular complexity index is 1300. The molecule has 2 aromatic rings. The third-order valence-corrected chi connectivity index (χ3v) is 5.95. The fraction of sp³-hybridized carbons (Fsp3) is 0.125. The maximum Gasteiger partial charge on any atom is 1.00 e. The smallest absolute Gasteiger partial charge is 0.744 e. The molecule has 32 heavy (non-hydrogen) atoms. The zero-order chi connectivity index (χ0) is 22.3. The Kier molecular flexibility index (Phi) is 10.2. The van der Waals surface area contributed by atoms with Gasteiger partial charge >= 0.3 is 59.1 Å². The Morgan fingerprint density at radius 2 is 1.50 bits per heavy atom. The van der Waals surface area contributed by atoms with E-state index in [1.807, 2.05) is 0 Å². The molecule has 1 unspecified atom stereocenters. The summed E-state index contributed by atoms with van der Waals surface area (Å²) in [5, 5.41) is 12.5. The van der Waals surface area contributed by atoms with E-state index in [4.69, 9.17) is 11.6 Å². The molecule has 1 atom stereocenters. The summed E-state index contributed by atoms with van der Waals surface area (Å²) < 4.78 is 66.5. The van der Waals surface area contributed by atoms with Crippen molar-refractivity contribution < 1.29 is 89.9 Å². The van der Waals surface area contributed by atoms with Gasteiger partial charge in [0.1, 0.15) is 20.2 Å². The van der Waals surface area contributed by atoms with Crippen LogP contribution in [0, 0.1) is 0 Å². The molecule has 1 aliphatic heterocycles. The molecular formula is C16H11ClN4Na2O7S2. The number of hydrogen-bond donors (Lipinski definition) is 0. The second kappa shape index (κ2) is 11.1. The van der Waals surface area contributed by atoms with Crippen LogP contribution in [0.4, 0.5) is 11.4 Å². The average molecular weight is 517 g/mol. The normalized spacial score (nSPS) is 16.5. The van der Waals surface area contributed by atoms with Crippen molar-refractivity contribution in [3.05, 3.63) is 47.5 Å². The molecule has 0 aromatic heterocycles. The first-order valence-electron chi connectivity index (χ1n) is 7.99. The van der Waals surface area contributed by atoms with Crippen molar-refractivity contribution in [3.63, 3.8) is 0 Å². The van der Waals surface area contributed by atoms with E-state index in [-0.39, 0.29) is 81.2 Å². The summed E-state index contributed by atoms with van der Waals surface area (Å²) in [6.07, 6.45) is 0. The minimum atomic E-state index is -4.78. The number of hydrogen-bond acceptors (Lipinski definition) is 10. The number of carbonyl (C=O) groups excluding carboxylic acids is 1. The van der Waals surface area contributed by atoms with Gasteiger partial charge in [0.05, 0.1) is 31.9 Å². The van der Waals surface area contributed by atoms with Crippen molar-refractivity contribution in [2.75, 3.05) is 5.01 Å². The predicted octanol–water partition coefficient (Wildman–Crippen LogP) is -3.97. The molecule has 0 saturated heterocycles. The summed E-state index contributed by atoms with van der Waals surface area (Å²) in [5.41, 5.74) is 0.286. The summed E-state index contributed by atoms with van der Waals surface area (Å²) in [7, 11) is -9.38. The van der Waals surface area contributed by atoms with Gasteiger partial charge in [-0.15, -0.1) is 0 Å². The number of anilines is 1. The first-order valence-corrected chi connectivity index (χ1v) is 11.2. The number of amides is 1. The Labute approximate surface area is 233 Å². The largest absolute Gasteiger partial charge is 1.00 e. The van der Waals surface area contributed by atoms with Crippen LogP contribution in [0.1, 0.15) is 6.92 Å². The minimum absolute atomic E-state index is 0. The molecule has 1 amide bonds. The summed E-state index contributed by atoms with van der Waals surface area (Å²) in [6.45, 7) is 1.48. The second-order valence-electron chi connectivity index (χ2n) is 6.02. The van der Waals surface area contributed by atoms with Crippen molar-refractivity contribution in [1.29, 1.82) is 0 Å². The van der Waals surface area contributed by atoms with E-state index in [0.717, 1.165) is 35.3 Å². The van der Waals surface area contributed by atoms with Gasteiger partial charge in [-0.25, -0.2) is 16.8 Å². The van der Waals surface area contributed by atoms with Crippen molar-refractivity contribution in [1.82, 2.24) is 0 Å². The van der Waals surface area contributed by atoms with Crippen LogP contribution >= 0.6 is 11.6 Å². The van der Waals surface area contributed by atoms with Gasteiger partial charge in [0.25, 0.3) is 5.91 Å². The maximum atomic E-state index is 12.7. The third-order valence-electron chi connectivity index (χ3n) is 3.94. The molecule has 11 nitrogen and oxygen atoms in total. The Balaban J connectivity index is 0.00000256. The van der Waals surface area contributed by atoms with Crippen molar-refractivity contribution in [2.24, 2.45) is 15.3 Å². The molecule has 0 spiro atoms. The van der Waals surface area contributed by atoms with E-state index < -0.39 is 42.0 Å². The molecule has 0 saturated carbocycles. The molecule has 3 rings (SSSR count). The molecule has 16 heteroatoms. The summed E-state index contributed by atoms with van der Waals surface area (Å²) in [4.78, 5) is 11.7. The average Bonchev–Trinajstić information content (AvgIpc) is 2.93. The van der Waals surface area contributed by atoms with Gasteiger partial charge in [-0.2, -0.15) is 20.3 Å². The van der Waals surface area contributed by atoms with Crippen LogP contribution in [-0.4, -0.2) is 43.6 Å². The van der Waals surface area contributed by atoms with Crippen LogP contribution in [0.2, 0.25) is 5.02 Å². The van der Waals surface area contributed by atoms with Crippen LogP contribution in [-0.2, 0) is 25.0 Å². The quantitative estimate of drug-likeness (QED) is 0.221. The Morgan fingerprint density at radius 3 is 2.03 bits per heavy atom. The maximum absolute atomic E-state index is 12.7. The SMILES string of the molecule is CC1=NN(c2cc(S(=O)(=O)[O-])ccc2Cl)C(=O)C1N=Nc1ccc(S(=O)(=O)[O-])cc1.[Na+].[Na+]. The minimum Gasteiger partial charge on any atom is -0.744 e. The van der Waals surface area contributed by atoms with Crippen molar-refractivity contribution in [3.8, 4) is 0 Å². The van der Waals surface area contributed by atoms with Gasteiger partial charge in [-0.3, -0.25) is 4.79 Å². The fourth-order valence-corrected chi connectivity index (χ4v) is 3.63. The Hall–Kier alpha value is -0.710. The van der Waals surface area contributed by atoms with Gasteiger partial charge in [0, 0.05) is 0 Å². The first-order chi connectivity index (χ1) is 13.9. The number of halogens is 1. The van der Waals surface area contributed by atoms with Crippen LogP contribution in [0.15, 0.2) is 67.6 Å². The van der Waals surface area contributed by atoms with E-state index in [1.165, 1.54) is 19.1 Å². The second-order valence-corrected chi connectivity index (χ2v) is 9.19. The molecule has 0 bridgehead atoms. The molecule has 0 aliphatic carbocycles. The van der Waals surface area contributed by atoms with Gasteiger partial charge in [0.2, 0.25) is 0 Å². The number of azo groups is 1. The molecule has 0 radical (unpaired) electrons. The fourth-order valence-electron chi connectivity index (χ4n) is 2.48. The van der Waals surface area contributed by atoms with Crippen LogP contribution in [0.5, 0.6) is 0 Å². The van der Waals surface area contributed by atoms with Crippen LogP contribution < -0.4 is 64.1 Å². The van der Waals surface area contributed by atoms with Gasteiger partial charge in [-0.05, 0) is 49.4 Å². The number of carbonyl (C=O) groups is 1. The zero-order valence-electron chi connectivity index (χ0n) is 17.0. The number of rotatable bonds is 5. The van der Waals surface area contributed by atoms with E-state index in [2.05, 4.69) is 15.3 Å². The predicted molar refractivity (Wildman–Crippen MR) is 103 cm³/mol.